The molecule has 2 aromatic carbocycles. The van der Waals surface area contributed by atoms with Crippen LogP contribution in [0.1, 0.15) is 38.0 Å². The van der Waals surface area contributed by atoms with Gasteiger partial charge in [-0.05, 0) is 34.7 Å². The third-order valence-electron chi connectivity index (χ3n) is 4.71. The number of hydrogen-bond donors (Lipinski definition) is 0. The summed E-state index contributed by atoms with van der Waals surface area (Å²) in [5, 5.41) is 0. The van der Waals surface area contributed by atoms with Crippen LogP contribution in [-0.4, -0.2) is 37.1 Å². The summed E-state index contributed by atoms with van der Waals surface area (Å²) in [5.41, 5.74) is 1.88. The second-order valence-corrected chi connectivity index (χ2v) is 7.79. The summed E-state index contributed by atoms with van der Waals surface area (Å²) in [6.07, 6.45) is -0.245. The van der Waals surface area contributed by atoms with Gasteiger partial charge in [0.15, 0.2) is 6.61 Å². The van der Waals surface area contributed by atoms with Crippen molar-refractivity contribution in [2.75, 3.05) is 26.3 Å². The van der Waals surface area contributed by atoms with Crippen molar-refractivity contribution >= 4 is 5.91 Å². The monoisotopic (exact) mass is 371 g/mol. The Labute approximate surface area is 159 Å². The summed E-state index contributed by atoms with van der Waals surface area (Å²) in [6, 6.07) is 14.0. The lowest BCUT2D eigenvalue weighted by atomic mass is 9.86. The maximum atomic E-state index is 13.1. The zero-order valence-corrected chi connectivity index (χ0v) is 16.1. The van der Waals surface area contributed by atoms with Gasteiger partial charge in [-0.25, -0.2) is 4.39 Å². The molecule has 1 saturated heterocycles. The topological polar surface area (TPSA) is 38.8 Å². The first-order valence-corrected chi connectivity index (χ1v) is 9.22. The Bertz CT molecular complexity index is 783. The van der Waals surface area contributed by atoms with Gasteiger partial charge in [-0.2, -0.15) is 0 Å². The van der Waals surface area contributed by atoms with Crippen molar-refractivity contribution < 1.29 is 18.7 Å². The Hall–Kier alpha value is -2.40. The number of rotatable bonds is 4. The van der Waals surface area contributed by atoms with E-state index in [9.17, 15) is 9.18 Å². The molecule has 2 aromatic rings. The second-order valence-electron chi connectivity index (χ2n) is 7.79. The number of benzene rings is 2. The van der Waals surface area contributed by atoms with Crippen LogP contribution in [0.2, 0.25) is 0 Å². The molecule has 1 aliphatic heterocycles. The zero-order valence-electron chi connectivity index (χ0n) is 16.1. The smallest absolute Gasteiger partial charge is 0.260 e. The number of halogens is 1. The fraction of sp³-hybridized carbons (Fsp3) is 0.409. The van der Waals surface area contributed by atoms with Gasteiger partial charge in [-0.3, -0.25) is 4.79 Å². The number of ether oxygens (including phenoxy) is 2. The Morgan fingerprint density at radius 2 is 1.89 bits per heavy atom. The predicted octanol–water partition coefficient (Wildman–Crippen LogP) is 4.10. The lowest BCUT2D eigenvalue weighted by molar-refractivity contribution is -0.141. The fourth-order valence-corrected chi connectivity index (χ4v) is 3.20. The largest absolute Gasteiger partial charge is 0.483 e. The van der Waals surface area contributed by atoms with Crippen LogP contribution in [0.4, 0.5) is 4.39 Å². The van der Waals surface area contributed by atoms with Crippen LogP contribution >= 0.6 is 0 Å². The highest BCUT2D eigenvalue weighted by molar-refractivity contribution is 5.78. The molecule has 0 bridgehead atoms. The predicted molar refractivity (Wildman–Crippen MR) is 102 cm³/mol. The third kappa shape index (κ3) is 4.86. The van der Waals surface area contributed by atoms with E-state index in [1.54, 1.807) is 17.0 Å². The second kappa shape index (κ2) is 8.09. The van der Waals surface area contributed by atoms with E-state index in [0.717, 1.165) is 16.9 Å². The van der Waals surface area contributed by atoms with Crippen LogP contribution in [0.5, 0.6) is 5.75 Å². The molecule has 1 atom stereocenters. The highest BCUT2D eigenvalue weighted by Gasteiger charge is 2.26. The average molecular weight is 371 g/mol. The number of morpholine rings is 1. The van der Waals surface area contributed by atoms with Gasteiger partial charge < -0.3 is 14.4 Å². The molecular weight excluding hydrogens is 345 g/mol. The number of para-hydroxylation sites is 1. The number of amides is 1. The number of hydrogen-bond acceptors (Lipinski definition) is 3. The number of carbonyl (C=O) groups is 1. The molecule has 0 N–H and O–H groups in total. The summed E-state index contributed by atoms with van der Waals surface area (Å²) in [4.78, 5) is 14.4. The van der Waals surface area contributed by atoms with E-state index >= 15 is 0 Å². The first kappa shape index (κ1) is 19.4. The summed E-state index contributed by atoms with van der Waals surface area (Å²) in [6.45, 7) is 7.76. The summed E-state index contributed by atoms with van der Waals surface area (Å²) >= 11 is 0. The van der Waals surface area contributed by atoms with Gasteiger partial charge >= 0.3 is 0 Å². The van der Waals surface area contributed by atoms with Gasteiger partial charge in [0.25, 0.3) is 5.91 Å². The first-order valence-electron chi connectivity index (χ1n) is 9.22. The van der Waals surface area contributed by atoms with Crippen LogP contribution in [0.15, 0.2) is 48.5 Å². The van der Waals surface area contributed by atoms with Crippen LogP contribution in [-0.2, 0) is 14.9 Å². The maximum absolute atomic E-state index is 13.1. The van der Waals surface area contributed by atoms with Crippen molar-refractivity contribution in [3.8, 4) is 5.75 Å². The molecule has 1 amide bonds. The van der Waals surface area contributed by atoms with Gasteiger partial charge in [0, 0.05) is 6.54 Å². The van der Waals surface area contributed by atoms with Gasteiger partial charge in [-0.15, -0.1) is 0 Å². The third-order valence-corrected chi connectivity index (χ3v) is 4.71. The normalized spacial score (nSPS) is 17.6. The van der Waals surface area contributed by atoms with E-state index in [-0.39, 0.29) is 29.9 Å². The molecule has 0 radical (unpaired) electrons. The summed E-state index contributed by atoms with van der Waals surface area (Å²) < 4.78 is 24.7. The van der Waals surface area contributed by atoms with Crippen molar-refractivity contribution in [1.29, 1.82) is 0 Å². The molecule has 27 heavy (non-hydrogen) atoms. The van der Waals surface area contributed by atoms with Gasteiger partial charge in [0.1, 0.15) is 17.7 Å². The van der Waals surface area contributed by atoms with Crippen LogP contribution in [0, 0.1) is 5.82 Å². The molecule has 5 heteroatoms. The summed E-state index contributed by atoms with van der Waals surface area (Å²) in [7, 11) is 0. The number of carbonyl (C=O) groups excluding carboxylic acids is 1. The van der Waals surface area contributed by atoms with E-state index < -0.39 is 0 Å². The molecule has 1 fully saturated rings. The minimum atomic E-state index is -0.284. The van der Waals surface area contributed by atoms with Crippen molar-refractivity contribution in [3.05, 3.63) is 65.5 Å². The zero-order chi connectivity index (χ0) is 19.4. The van der Waals surface area contributed by atoms with Crippen molar-refractivity contribution in [2.45, 2.75) is 32.3 Å². The first-order chi connectivity index (χ1) is 12.8. The van der Waals surface area contributed by atoms with Gasteiger partial charge in [0.05, 0.1) is 13.2 Å². The molecule has 144 valence electrons. The van der Waals surface area contributed by atoms with Crippen LogP contribution in [0.25, 0.3) is 0 Å². The highest BCUT2D eigenvalue weighted by Crippen LogP contribution is 2.31. The van der Waals surface area contributed by atoms with Crippen LogP contribution < -0.4 is 4.74 Å². The molecule has 0 spiro atoms. The van der Waals surface area contributed by atoms with Crippen molar-refractivity contribution in [2.24, 2.45) is 0 Å². The maximum Gasteiger partial charge on any atom is 0.260 e. The molecule has 1 aliphatic rings. The van der Waals surface area contributed by atoms with Gasteiger partial charge in [-0.1, -0.05) is 51.1 Å². The summed E-state index contributed by atoms with van der Waals surface area (Å²) in [5.74, 6) is 0.379. The van der Waals surface area contributed by atoms with Crippen molar-refractivity contribution in [1.82, 2.24) is 4.90 Å². The Morgan fingerprint density at radius 3 is 2.59 bits per heavy atom. The molecule has 0 aliphatic carbocycles. The van der Waals surface area contributed by atoms with E-state index in [4.69, 9.17) is 9.47 Å². The van der Waals surface area contributed by atoms with E-state index in [2.05, 4.69) is 20.8 Å². The molecule has 0 aromatic heterocycles. The van der Waals surface area contributed by atoms with E-state index in [1.807, 2.05) is 24.3 Å². The molecular formula is C22H26FNO3. The van der Waals surface area contributed by atoms with Gasteiger partial charge in [0.2, 0.25) is 0 Å². The molecule has 1 unspecified atom stereocenters. The average Bonchev–Trinajstić information content (AvgIpc) is 2.66. The Kier molecular flexibility index (Phi) is 5.80. The SMILES string of the molecule is CC(C)(C)c1ccccc1OCC(=O)N1CCOC(c2ccc(F)cc2)C1. The standard InChI is InChI=1S/C22H26FNO3/c1-22(2,3)18-6-4-5-7-19(18)27-15-21(25)24-12-13-26-20(14-24)16-8-10-17(23)11-9-16/h4-11,20H,12-15H2,1-3H3. The number of nitrogens with zero attached hydrogens (tertiary/aromatic N) is 1. The van der Waals surface area contributed by atoms with E-state index in [1.165, 1.54) is 12.1 Å². The molecule has 0 saturated carbocycles. The molecule has 4 nitrogen and oxygen atoms in total. The fourth-order valence-electron chi connectivity index (χ4n) is 3.20. The quantitative estimate of drug-likeness (QED) is 0.812. The van der Waals surface area contributed by atoms with E-state index in [0.29, 0.717) is 19.7 Å². The lowest BCUT2D eigenvalue weighted by Crippen LogP contribution is -2.44. The Morgan fingerprint density at radius 1 is 1.19 bits per heavy atom. The molecule has 1 heterocycles. The minimum absolute atomic E-state index is 0.0107. The van der Waals surface area contributed by atoms with Crippen LogP contribution in [0.3, 0.4) is 0 Å². The highest BCUT2D eigenvalue weighted by atomic mass is 19.1. The molecule has 3 rings (SSSR count). The van der Waals surface area contributed by atoms with Crippen molar-refractivity contribution in [3.63, 3.8) is 0 Å². The Balaban J connectivity index is 1.62. The lowest BCUT2D eigenvalue weighted by Gasteiger charge is -2.33. The minimum Gasteiger partial charge on any atom is -0.483 e.